The number of hydrogen-bond donors (Lipinski definition) is 1. The van der Waals surface area contributed by atoms with Crippen LogP contribution < -0.4 is 15.0 Å². The molecule has 4 rings (SSSR count). The molecule has 0 radical (unpaired) electrons. The molecule has 6 nitrogen and oxygen atoms in total. The Kier molecular flexibility index (Phi) is 6.18. The fourth-order valence-corrected chi connectivity index (χ4v) is 4.61. The molecule has 0 atom stereocenters. The molecule has 0 aliphatic heterocycles. The number of rotatable bonds is 6. The Bertz CT molecular complexity index is 1100. The maximum atomic E-state index is 13.5. The fraction of sp³-hybridized carbons (Fsp3) is 0.391. The monoisotopic (exact) mass is 425 g/mol. The van der Waals surface area contributed by atoms with Gasteiger partial charge in [0.05, 0.1) is 29.7 Å². The van der Waals surface area contributed by atoms with Crippen molar-refractivity contribution < 1.29 is 9.53 Å². The lowest BCUT2D eigenvalue weighted by Gasteiger charge is -2.26. The minimum atomic E-state index is -0.176. The van der Waals surface area contributed by atoms with Gasteiger partial charge < -0.3 is 4.74 Å². The second-order valence-corrected chi connectivity index (χ2v) is 8.62. The molecule has 1 amide bonds. The van der Waals surface area contributed by atoms with Crippen LogP contribution in [0.3, 0.4) is 0 Å². The van der Waals surface area contributed by atoms with Crippen molar-refractivity contribution in [2.45, 2.75) is 45.1 Å². The van der Waals surface area contributed by atoms with Gasteiger partial charge in [-0.25, -0.2) is 4.68 Å². The van der Waals surface area contributed by atoms with E-state index in [-0.39, 0.29) is 17.5 Å². The van der Waals surface area contributed by atoms with Gasteiger partial charge in [-0.05, 0) is 55.3 Å². The van der Waals surface area contributed by atoms with Gasteiger partial charge in [0.15, 0.2) is 0 Å². The highest BCUT2D eigenvalue weighted by Gasteiger charge is 2.24. The van der Waals surface area contributed by atoms with E-state index < -0.39 is 0 Å². The average Bonchev–Trinajstić information content (AvgIpc) is 3.09. The molecule has 1 saturated carbocycles. The molecule has 3 aromatic rings. The van der Waals surface area contributed by atoms with E-state index in [9.17, 15) is 9.59 Å². The molecule has 1 aromatic heterocycles. The minimum absolute atomic E-state index is 0.0986. The van der Waals surface area contributed by atoms with E-state index in [0.29, 0.717) is 10.9 Å². The van der Waals surface area contributed by atoms with Crippen LogP contribution in [-0.4, -0.2) is 28.1 Å². The summed E-state index contributed by atoms with van der Waals surface area (Å²) in [4.78, 5) is 25.9. The second kappa shape index (κ2) is 9.00. The number of nitrogens with zero attached hydrogens (tertiary/aromatic N) is 2. The molecule has 2 aromatic carbocycles. The number of carbonyl (C=O) groups excluding carboxylic acids is 1. The van der Waals surface area contributed by atoms with Crippen LogP contribution in [0.1, 0.15) is 55.4 Å². The van der Waals surface area contributed by atoms with Gasteiger partial charge in [0, 0.05) is 11.3 Å². The first-order chi connectivity index (χ1) is 14.6. The van der Waals surface area contributed by atoms with Gasteiger partial charge in [0.25, 0.3) is 11.5 Å². The van der Waals surface area contributed by atoms with Crippen molar-refractivity contribution in [1.29, 1.82) is 0 Å². The van der Waals surface area contributed by atoms with Crippen LogP contribution in [0.4, 0.5) is 0 Å². The lowest BCUT2D eigenvalue weighted by atomic mass is 9.95. The summed E-state index contributed by atoms with van der Waals surface area (Å²) in [6, 6.07) is 13.3. The molecule has 1 fully saturated rings. The third kappa shape index (κ3) is 3.86. The molecule has 1 N–H and O–H groups in total. The van der Waals surface area contributed by atoms with E-state index in [1.165, 1.54) is 18.4 Å². The molecular weight excluding hydrogens is 398 g/mol. The summed E-state index contributed by atoms with van der Waals surface area (Å²) in [5, 5.41) is 0.575. The van der Waals surface area contributed by atoms with Gasteiger partial charge >= 0.3 is 0 Å². The second-order valence-electron chi connectivity index (χ2n) is 7.55. The number of amides is 1. The zero-order valence-corrected chi connectivity index (χ0v) is 18.2. The standard InChI is InChI=1S/C23H27N3O3S/c1-3-30-24-22(27)16-9-14-21-20(15-16)23(28)26(18-10-12-19(29-2)13-11-18)25(21)17-7-5-4-6-8-17/h9-15,17H,3-8H2,1-2H3,(H,24,27). The summed E-state index contributed by atoms with van der Waals surface area (Å²) in [6.07, 6.45) is 5.66. The van der Waals surface area contributed by atoms with Crippen molar-refractivity contribution in [1.82, 2.24) is 14.1 Å². The number of nitrogens with one attached hydrogen (secondary N) is 1. The number of hydrogen-bond acceptors (Lipinski definition) is 4. The number of benzene rings is 2. The van der Waals surface area contributed by atoms with Crippen LogP contribution in [0.25, 0.3) is 16.6 Å². The molecule has 1 aliphatic rings. The summed E-state index contributed by atoms with van der Waals surface area (Å²) in [6.45, 7) is 1.98. The normalized spacial score (nSPS) is 14.7. The summed E-state index contributed by atoms with van der Waals surface area (Å²) >= 11 is 1.35. The van der Waals surface area contributed by atoms with Crippen LogP contribution in [-0.2, 0) is 0 Å². The third-order valence-corrected chi connectivity index (χ3v) is 6.31. The van der Waals surface area contributed by atoms with Gasteiger partial charge in [0.1, 0.15) is 5.75 Å². The van der Waals surface area contributed by atoms with E-state index in [4.69, 9.17) is 4.74 Å². The summed E-state index contributed by atoms with van der Waals surface area (Å²) in [5.74, 6) is 1.36. The van der Waals surface area contributed by atoms with Crippen molar-refractivity contribution in [2.24, 2.45) is 0 Å². The SMILES string of the molecule is CCSNC(=O)c1ccc2c(c1)c(=O)n(-c1ccc(OC)cc1)n2C1CCCCC1. The predicted molar refractivity (Wildman–Crippen MR) is 122 cm³/mol. The van der Waals surface area contributed by atoms with Crippen molar-refractivity contribution in [3.8, 4) is 11.4 Å². The van der Waals surface area contributed by atoms with Crippen molar-refractivity contribution in [3.05, 3.63) is 58.4 Å². The molecule has 7 heteroatoms. The van der Waals surface area contributed by atoms with Crippen LogP contribution in [0.2, 0.25) is 0 Å². The molecule has 1 heterocycles. The first kappa shape index (κ1) is 20.6. The lowest BCUT2D eigenvalue weighted by Crippen LogP contribution is -2.25. The molecule has 0 spiro atoms. The molecule has 0 saturated heterocycles. The first-order valence-corrected chi connectivity index (χ1v) is 11.5. The molecule has 0 bridgehead atoms. The van der Waals surface area contributed by atoms with Gasteiger partial charge in [-0.1, -0.05) is 38.1 Å². The Morgan fingerprint density at radius 2 is 1.87 bits per heavy atom. The Hall–Kier alpha value is -2.67. The largest absolute Gasteiger partial charge is 0.497 e. The Balaban J connectivity index is 1.87. The fourth-order valence-electron chi connectivity index (χ4n) is 4.22. The van der Waals surface area contributed by atoms with Gasteiger partial charge in [0.2, 0.25) is 0 Å². The molecule has 158 valence electrons. The number of aromatic nitrogens is 2. The first-order valence-electron chi connectivity index (χ1n) is 10.5. The van der Waals surface area contributed by atoms with E-state index in [0.717, 1.165) is 48.4 Å². The summed E-state index contributed by atoms with van der Waals surface area (Å²) in [5.41, 5.74) is 2.08. The van der Waals surface area contributed by atoms with Gasteiger partial charge in [-0.2, -0.15) is 0 Å². The predicted octanol–water partition coefficient (Wildman–Crippen LogP) is 4.70. The number of ether oxygens (including phenoxy) is 1. The third-order valence-electron chi connectivity index (χ3n) is 5.69. The molecular formula is C23H27N3O3S. The highest BCUT2D eigenvalue weighted by Crippen LogP contribution is 2.32. The van der Waals surface area contributed by atoms with E-state index in [1.54, 1.807) is 17.9 Å². The number of carbonyl (C=O) groups is 1. The van der Waals surface area contributed by atoms with Crippen molar-refractivity contribution in [2.75, 3.05) is 12.9 Å². The minimum Gasteiger partial charge on any atom is -0.497 e. The zero-order valence-electron chi connectivity index (χ0n) is 17.4. The van der Waals surface area contributed by atoms with E-state index >= 15 is 0 Å². The molecule has 0 unspecified atom stereocenters. The Morgan fingerprint density at radius 1 is 1.13 bits per heavy atom. The summed E-state index contributed by atoms with van der Waals surface area (Å²) < 4.78 is 12.0. The zero-order chi connectivity index (χ0) is 21.1. The summed E-state index contributed by atoms with van der Waals surface area (Å²) in [7, 11) is 1.63. The van der Waals surface area contributed by atoms with Gasteiger partial charge in [-0.3, -0.25) is 19.0 Å². The van der Waals surface area contributed by atoms with Gasteiger partial charge in [-0.15, -0.1) is 0 Å². The molecule has 1 aliphatic carbocycles. The van der Waals surface area contributed by atoms with Crippen LogP contribution in [0, 0.1) is 0 Å². The van der Waals surface area contributed by atoms with E-state index in [1.807, 2.05) is 43.3 Å². The number of methoxy groups -OCH3 is 1. The Labute approximate surface area is 180 Å². The highest BCUT2D eigenvalue weighted by atomic mass is 32.2. The lowest BCUT2D eigenvalue weighted by molar-refractivity contribution is 0.0984. The molecule has 30 heavy (non-hydrogen) atoms. The Morgan fingerprint density at radius 3 is 2.53 bits per heavy atom. The van der Waals surface area contributed by atoms with Crippen molar-refractivity contribution >= 4 is 28.8 Å². The van der Waals surface area contributed by atoms with Crippen LogP contribution in [0.15, 0.2) is 47.3 Å². The quantitative estimate of drug-likeness (QED) is 0.581. The maximum absolute atomic E-state index is 13.5. The maximum Gasteiger partial charge on any atom is 0.279 e. The average molecular weight is 426 g/mol. The van der Waals surface area contributed by atoms with Crippen LogP contribution in [0.5, 0.6) is 5.75 Å². The van der Waals surface area contributed by atoms with Crippen LogP contribution >= 0.6 is 11.9 Å². The highest BCUT2D eigenvalue weighted by molar-refractivity contribution is 7.97. The smallest absolute Gasteiger partial charge is 0.279 e. The topological polar surface area (TPSA) is 65.3 Å². The van der Waals surface area contributed by atoms with E-state index in [2.05, 4.69) is 9.40 Å². The van der Waals surface area contributed by atoms with Crippen molar-refractivity contribution in [3.63, 3.8) is 0 Å². The number of fused-ring (bicyclic) bond motifs is 1.